The number of hydrogen-bond donors (Lipinski definition) is 0. The van der Waals surface area contributed by atoms with Gasteiger partial charge in [0.1, 0.15) is 0 Å². The SMILES string of the molecule is CC(C)(C)C1CCN(C(=O)c2cncc(OS(=O)(=O)F)c2)C1. The Kier molecular flexibility index (Phi) is 4.42. The highest BCUT2D eigenvalue weighted by atomic mass is 32.3. The Labute approximate surface area is 129 Å². The van der Waals surface area contributed by atoms with Gasteiger partial charge in [0.25, 0.3) is 5.91 Å². The van der Waals surface area contributed by atoms with E-state index in [1.807, 2.05) is 0 Å². The summed E-state index contributed by atoms with van der Waals surface area (Å²) >= 11 is 0. The van der Waals surface area contributed by atoms with Crippen molar-refractivity contribution in [2.45, 2.75) is 27.2 Å². The van der Waals surface area contributed by atoms with Crippen molar-refractivity contribution in [3.05, 3.63) is 24.0 Å². The number of carbonyl (C=O) groups is 1. The van der Waals surface area contributed by atoms with Gasteiger partial charge in [-0.25, -0.2) is 0 Å². The Morgan fingerprint density at radius 1 is 1.41 bits per heavy atom. The average molecular weight is 330 g/mol. The normalized spacial score (nSPS) is 19.3. The van der Waals surface area contributed by atoms with Crippen molar-refractivity contribution in [3.8, 4) is 5.75 Å². The summed E-state index contributed by atoms with van der Waals surface area (Å²) in [5.41, 5.74) is 0.288. The molecule has 0 N–H and O–H groups in total. The first kappa shape index (κ1) is 16.7. The second-order valence-electron chi connectivity index (χ2n) is 6.49. The lowest BCUT2D eigenvalue weighted by atomic mass is 9.80. The number of hydrogen-bond acceptors (Lipinski definition) is 5. The molecule has 0 spiro atoms. The maximum atomic E-state index is 12.5. The van der Waals surface area contributed by atoms with E-state index in [0.717, 1.165) is 12.6 Å². The fraction of sp³-hybridized carbons (Fsp3) is 0.571. The molecule has 0 radical (unpaired) electrons. The minimum atomic E-state index is -5.13. The molecule has 0 aliphatic carbocycles. The zero-order valence-electron chi connectivity index (χ0n) is 12.7. The molecule has 1 aromatic rings. The highest BCUT2D eigenvalue weighted by Crippen LogP contribution is 2.34. The van der Waals surface area contributed by atoms with Crippen LogP contribution in [0.2, 0.25) is 0 Å². The molecule has 0 aromatic carbocycles. The van der Waals surface area contributed by atoms with E-state index >= 15 is 0 Å². The van der Waals surface area contributed by atoms with E-state index in [1.165, 1.54) is 12.3 Å². The molecule has 1 unspecified atom stereocenters. The molecule has 2 heterocycles. The first-order valence-corrected chi connectivity index (χ1v) is 8.25. The van der Waals surface area contributed by atoms with E-state index in [4.69, 9.17) is 0 Å². The zero-order chi connectivity index (χ0) is 16.5. The van der Waals surface area contributed by atoms with Gasteiger partial charge in [-0.2, -0.15) is 8.42 Å². The van der Waals surface area contributed by atoms with Gasteiger partial charge >= 0.3 is 10.5 Å². The summed E-state index contributed by atoms with van der Waals surface area (Å²) in [6.07, 6.45) is 3.26. The van der Waals surface area contributed by atoms with Crippen molar-refractivity contribution < 1.29 is 21.3 Å². The summed E-state index contributed by atoms with van der Waals surface area (Å²) in [5, 5.41) is 0. The molecule has 1 aliphatic heterocycles. The van der Waals surface area contributed by atoms with Crippen LogP contribution in [-0.2, 0) is 10.5 Å². The minimum absolute atomic E-state index is 0.112. The Hall–Kier alpha value is -1.70. The largest absolute Gasteiger partial charge is 0.488 e. The summed E-state index contributed by atoms with van der Waals surface area (Å²) in [6.45, 7) is 7.66. The predicted octanol–water partition coefficient (Wildman–Crippen LogP) is 2.18. The number of likely N-dealkylation sites (tertiary alicyclic amines) is 1. The number of rotatable bonds is 3. The van der Waals surface area contributed by atoms with Crippen molar-refractivity contribution in [3.63, 3.8) is 0 Å². The maximum absolute atomic E-state index is 12.5. The third kappa shape index (κ3) is 4.16. The van der Waals surface area contributed by atoms with Crippen LogP contribution >= 0.6 is 0 Å². The summed E-state index contributed by atoms with van der Waals surface area (Å²) in [7, 11) is -5.13. The van der Waals surface area contributed by atoms with E-state index in [1.54, 1.807) is 4.90 Å². The predicted molar refractivity (Wildman–Crippen MR) is 78.4 cm³/mol. The monoisotopic (exact) mass is 330 g/mol. The third-order valence-corrected chi connectivity index (χ3v) is 4.25. The van der Waals surface area contributed by atoms with Crippen LogP contribution in [-0.4, -0.2) is 37.3 Å². The molecular weight excluding hydrogens is 311 g/mol. The van der Waals surface area contributed by atoms with E-state index in [9.17, 15) is 17.1 Å². The number of pyridine rings is 1. The van der Waals surface area contributed by atoms with Gasteiger partial charge < -0.3 is 9.08 Å². The molecule has 1 amide bonds. The molecule has 1 aromatic heterocycles. The third-order valence-electron chi connectivity index (χ3n) is 3.86. The molecular formula is C14H19FN2O4S. The molecule has 122 valence electrons. The molecule has 22 heavy (non-hydrogen) atoms. The number of aromatic nitrogens is 1. The first-order valence-electron chi connectivity index (χ1n) is 6.94. The van der Waals surface area contributed by atoms with Crippen LogP contribution in [0, 0.1) is 11.3 Å². The Morgan fingerprint density at radius 3 is 2.64 bits per heavy atom. The van der Waals surface area contributed by atoms with Gasteiger partial charge in [0.15, 0.2) is 5.75 Å². The van der Waals surface area contributed by atoms with Crippen LogP contribution in [0.4, 0.5) is 3.89 Å². The van der Waals surface area contributed by atoms with E-state index < -0.39 is 10.5 Å². The van der Waals surface area contributed by atoms with Crippen LogP contribution in [0.25, 0.3) is 0 Å². The van der Waals surface area contributed by atoms with Crippen LogP contribution in [0.15, 0.2) is 18.5 Å². The molecule has 6 nitrogen and oxygen atoms in total. The lowest BCUT2D eigenvalue weighted by Gasteiger charge is -2.27. The van der Waals surface area contributed by atoms with Crippen molar-refractivity contribution >= 4 is 16.4 Å². The van der Waals surface area contributed by atoms with Gasteiger partial charge in [0.05, 0.1) is 11.8 Å². The van der Waals surface area contributed by atoms with Gasteiger partial charge in [0, 0.05) is 19.3 Å². The van der Waals surface area contributed by atoms with Gasteiger partial charge in [-0.15, -0.1) is 0 Å². The van der Waals surface area contributed by atoms with E-state index in [-0.39, 0.29) is 22.6 Å². The number of halogens is 1. The average Bonchev–Trinajstić information content (AvgIpc) is 2.85. The minimum Gasteiger partial charge on any atom is -0.357 e. The fourth-order valence-corrected chi connectivity index (χ4v) is 2.85. The van der Waals surface area contributed by atoms with Crippen LogP contribution in [0.1, 0.15) is 37.6 Å². The number of carbonyl (C=O) groups excluding carboxylic acids is 1. The topological polar surface area (TPSA) is 76.6 Å². The standard InChI is InChI=1S/C14H19FN2O4S/c1-14(2,3)11-4-5-17(9-11)13(18)10-6-12(8-16-7-10)21-22(15,19)20/h6-8,11H,4-5,9H2,1-3H3. The quantitative estimate of drug-likeness (QED) is 0.794. The second kappa shape index (κ2) is 5.83. The van der Waals surface area contributed by atoms with E-state index in [2.05, 4.69) is 29.9 Å². The van der Waals surface area contributed by atoms with E-state index in [0.29, 0.717) is 19.0 Å². The van der Waals surface area contributed by atoms with Crippen LogP contribution in [0.3, 0.4) is 0 Å². The van der Waals surface area contributed by atoms with Crippen molar-refractivity contribution in [1.82, 2.24) is 9.88 Å². The smallest absolute Gasteiger partial charge is 0.357 e. The van der Waals surface area contributed by atoms with Crippen molar-refractivity contribution in [1.29, 1.82) is 0 Å². The molecule has 1 atom stereocenters. The lowest BCUT2D eigenvalue weighted by Crippen LogP contribution is -2.31. The zero-order valence-corrected chi connectivity index (χ0v) is 13.6. The summed E-state index contributed by atoms with van der Waals surface area (Å²) < 4.78 is 37.6. The molecule has 2 rings (SSSR count). The van der Waals surface area contributed by atoms with Crippen LogP contribution in [0.5, 0.6) is 5.75 Å². The van der Waals surface area contributed by atoms with Gasteiger partial charge in [-0.05, 0) is 23.8 Å². The highest BCUT2D eigenvalue weighted by Gasteiger charge is 2.34. The summed E-state index contributed by atoms with van der Waals surface area (Å²) in [4.78, 5) is 17.8. The Bertz CT molecular complexity index is 670. The lowest BCUT2D eigenvalue weighted by molar-refractivity contribution is 0.0775. The van der Waals surface area contributed by atoms with Crippen molar-refractivity contribution in [2.24, 2.45) is 11.3 Å². The molecule has 1 aliphatic rings. The van der Waals surface area contributed by atoms with Crippen molar-refractivity contribution in [2.75, 3.05) is 13.1 Å². The number of nitrogens with zero attached hydrogens (tertiary/aromatic N) is 2. The second-order valence-corrected chi connectivity index (χ2v) is 7.44. The summed E-state index contributed by atoms with van der Waals surface area (Å²) in [5.74, 6) is -0.184. The Morgan fingerprint density at radius 2 is 2.09 bits per heavy atom. The van der Waals surface area contributed by atoms with Gasteiger partial charge in [0.2, 0.25) is 0 Å². The highest BCUT2D eigenvalue weighted by molar-refractivity contribution is 7.81. The number of amides is 1. The molecule has 8 heteroatoms. The maximum Gasteiger partial charge on any atom is 0.488 e. The molecule has 1 fully saturated rings. The molecule has 1 saturated heterocycles. The van der Waals surface area contributed by atoms with Crippen LogP contribution < -0.4 is 4.18 Å². The van der Waals surface area contributed by atoms with Gasteiger partial charge in [-0.3, -0.25) is 9.78 Å². The van der Waals surface area contributed by atoms with Gasteiger partial charge in [-0.1, -0.05) is 24.7 Å². The summed E-state index contributed by atoms with van der Waals surface area (Å²) in [6, 6.07) is 1.18. The molecule has 0 saturated carbocycles. The fourth-order valence-electron chi connectivity index (χ4n) is 2.53. The molecule has 0 bridgehead atoms. The Balaban J connectivity index is 2.12. The first-order chi connectivity index (χ1) is 10.1.